The summed E-state index contributed by atoms with van der Waals surface area (Å²) in [4.78, 5) is 28.2. The molecule has 0 saturated carbocycles. The second-order valence-electron chi connectivity index (χ2n) is 7.55. The number of nitrogens with one attached hydrogen (secondary N) is 1. The molecule has 2 aliphatic rings. The maximum absolute atomic E-state index is 12.6. The van der Waals surface area contributed by atoms with Gasteiger partial charge in [-0.3, -0.25) is 9.69 Å². The van der Waals surface area contributed by atoms with E-state index in [0.717, 1.165) is 37.9 Å². The van der Waals surface area contributed by atoms with Gasteiger partial charge in [-0.25, -0.2) is 4.79 Å². The number of morpholine rings is 1. The summed E-state index contributed by atoms with van der Waals surface area (Å²) in [6, 6.07) is 0. The van der Waals surface area contributed by atoms with Crippen LogP contribution in [0.3, 0.4) is 0 Å². The highest BCUT2D eigenvalue weighted by atomic mass is 32.1. The van der Waals surface area contributed by atoms with Crippen molar-refractivity contribution in [2.45, 2.75) is 52.2 Å². The first-order valence-corrected chi connectivity index (χ1v) is 10.1. The monoisotopic (exact) mass is 380 g/mol. The molecular weight excluding hydrogens is 352 g/mol. The fraction of sp³-hybridized carbons (Fsp3) is 0.684. The number of fused-ring (bicyclic) bond motifs is 1. The minimum atomic E-state index is -0.360. The van der Waals surface area contributed by atoms with Gasteiger partial charge >= 0.3 is 5.97 Å². The number of methoxy groups -OCH3 is 1. The highest BCUT2D eigenvalue weighted by Crippen LogP contribution is 2.40. The van der Waals surface area contributed by atoms with E-state index in [-0.39, 0.29) is 24.1 Å². The van der Waals surface area contributed by atoms with Gasteiger partial charge in [0, 0.05) is 18.0 Å². The van der Waals surface area contributed by atoms with Crippen molar-refractivity contribution in [1.29, 1.82) is 0 Å². The van der Waals surface area contributed by atoms with Gasteiger partial charge in [0.05, 0.1) is 31.4 Å². The fourth-order valence-electron chi connectivity index (χ4n) is 3.94. The topological polar surface area (TPSA) is 67.9 Å². The van der Waals surface area contributed by atoms with Crippen LogP contribution in [0.5, 0.6) is 0 Å². The maximum Gasteiger partial charge on any atom is 0.341 e. The van der Waals surface area contributed by atoms with Crippen molar-refractivity contribution in [3.8, 4) is 0 Å². The van der Waals surface area contributed by atoms with E-state index in [0.29, 0.717) is 23.0 Å². The highest BCUT2D eigenvalue weighted by molar-refractivity contribution is 7.17. The van der Waals surface area contributed by atoms with E-state index < -0.39 is 0 Å². The molecule has 3 atom stereocenters. The summed E-state index contributed by atoms with van der Waals surface area (Å²) in [5.74, 6) is 0.149. The van der Waals surface area contributed by atoms with Crippen LogP contribution in [0.4, 0.5) is 5.00 Å². The number of nitrogens with zero attached hydrogens (tertiary/aromatic N) is 1. The zero-order chi connectivity index (χ0) is 18.8. The molecule has 3 rings (SSSR count). The Bertz CT molecular complexity index is 677. The molecule has 26 heavy (non-hydrogen) atoms. The molecule has 6 nitrogen and oxygen atoms in total. The molecule has 0 radical (unpaired) electrons. The lowest BCUT2D eigenvalue weighted by molar-refractivity contribution is -0.121. The Morgan fingerprint density at radius 2 is 1.96 bits per heavy atom. The zero-order valence-corrected chi connectivity index (χ0v) is 16.8. The first kappa shape index (κ1) is 19.3. The number of ether oxygens (including phenoxy) is 2. The van der Waals surface area contributed by atoms with Crippen LogP contribution in [0.2, 0.25) is 0 Å². The highest BCUT2D eigenvalue weighted by Gasteiger charge is 2.30. The molecular formula is C19H28N2O4S. The first-order valence-electron chi connectivity index (χ1n) is 9.27. The van der Waals surface area contributed by atoms with E-state index in [9.17, 15) is 9.59 Å². The Morgan fingerprint density at radius 1 is 1.27 bits per heavy atom. The van der Waals surface area contributed by atoms with Crippen molar-refractivity contribution < 1.29 is 19.1 Å². The molecule has 2 heterocycles. The molecule has 1 N–H and O–H groups in total. The molecule has 1 aliphatic carbocycles. The number of rotatable bonds is 4. The van der Waals surface area contributed by atoms with E-state index in [4.69, 9.17) is 9.47 Å². The summed E-state index contributed by atoms with van der Waals surface area (Å²) in [6.07, 6.45) is 3.12. The largest absolute Gasteiger partial charge is 0.465 e. The van der Waals surface area contributed by atoms with Gasteiger partial charge in [-0.15, -0.1) is 11.3 Å². The normalized spacial score (nSPS) is 26.2. The summed E-state index contributed by atoms with van der Waals surface area (Å²) in [6.45, 7) is 8.03. The number of amides is 1. The Hall–Kier alpha value is -1.44. The molecule has 0 unspecified atom stereocenters. The Labute approximate surface area is 158 Å². The molecule has 1 amide bonds. The van der Waals surface area contributed by atoms with Gasteiger partial charge in [-0.2, -0.15) is 0 Å². The van der Waals surface area contributed by atoms with Crippen LogP contribution >= 0.6 is 11.3 Å². The van der Waals surface area contributed by atoms with E-state index in [1.54, 1.807) is 0 Å². The molecule has 144 valence electrons. The summed E-state index contributed by atoms with van der Waals surface area (Å²) in [5.41, 5.74) is 1.61. The van der Waals surface area contributed by atoms with Gasteiger partial charge in [-0.1, -0.05) is 6.92 Å². The number of hydrogen-bond donors (Lipinski definition) is 1. The van der Waals surface area contributed by atoms with Crippen molar-refractivity contribution in [2.75, 3.05) is 32.1 Å². The van der Waals surface area contributed by atoms with Gasteiger partial charge < -0.3 is 14.8 Å². The number of anilines is 1. The number of hydrogen-bond acceptors (Lipinski definition) is 6. The molecule has 0 bridgehead atoms. The van der Waals surface area contributed by atoms with Crippen molar-refractivity contribution in [1.82, 2.24) is 4.90 Å². The Morgan fingerprint density at radius 3 is 2.62 bits per heavy atom. The maximum atomic E-state index is 12.6. The lowest BCUT2D eigenvalue weighted by atomic mass is 9.88. The van der Waals surface area contributed by atoms with E-state index in [1.165, 1.54) is 23.3 Å². The van der Waals surface area contributed by atoms with Crippen molar-refractivity contribution in [3.05, 3.63) is 16.0 Å². The third-order valence-corrected chi connectivity index (χ3v) is 6.19. The molecule has 7 heteroatoms. The predicted molar refractivity (Wildman–Crippen MR) is 102 cm³/mol. The van der Waals surface area contributed by atoms with Crippen LogP contribution in [-0.4, -0.2) is 55.7 Å². The third kappa shape index (κ3) is 4.27. The van der Waals surface area contributed by atoms with Crippen molar-refractivity contribution in [3.63, 3.8) is 0 Å². The summed E-state index contributed by atoms with van der Waals surface area (Å²) < 4.78 is 10.7. The van der Waals surface area contributed by atoms with E-state index in [1.807, 2.05) is 13.8 Å². The number of carbonyl (C=O) groups excluding carboxylic acids is 2. The predicted octanol–water partition coefficient (Wildman–Crippen LogP) is 2.71. The van der Waals surface area contributed by atoms with Gasteiger partial charge in [0.1, 0.15) is 5.00 Å². The lowest BCUT2D eigenvalue weighted by Gasteiger charge is -2.34. The molecule has 1 fully saturated rings. The minimum Gasteiger partial charge on any atom is -0.465 e. The van der Waals surface area contributed by atoms with Crippen molar-refractivity contribution >= 4 is 28.2 Å². The average Bonchev–Trinajstić information content (AvgIpc) is 2.89. The molecule has 1 aromatic rings. The van der Waals surface area contributed by atoms with E-state index in [2.05, 4.69) is 17.1 Å². The quantitative estimate of drug-likeness (QED) is 0.814. The second kappa shape index (κ2) is 8.06. The molecule has 0 spiro atoms. The molecule has 1 saturated heterocycles. The Kier molecular flexibility index (Phi) is 5.99. The van der Waals surface area contributed by atoms with Gasteiger partial charge in [0.25, 0.3) is 0 Å². The van der Waals surface area contributed by atoms with Crippen LogP contribution in [0.25, 0.3) is 0 Å². The summed E-state index contributed by atoms with van der Waals surface area (Å²) in [7, 11) is 1.39. The van der Waals surface area contributed by atoms with E-state index >= 15 is 0 Å². The zero-order valence-electron chi connectivity index (χ0n) is 16.0. The molecule has 1 aliphatic heterocycles. The van der Waals surface area contributed by atoms with Crippen LogP contribution in [0, 0.1) is 5.92 Å². The van der Waals surface area contributed by atoms with Crippen LogP contribution < -0.4 is 5.32 Å². The summed E-state index contributed by atoms with van der Waals surface area (Å²) in [5, 5.41) is 3.61. The molecule has 1 aromatic heterocycles. The third-order valence-electron chi connectivity index (χ3n) is 5.02. The minimum absolute atomic E-state index is 0.0944. The second-order valence-corrected chi connectivity index (χ2v) is 8.65. The van der Waals surface area contributed by atoms with Gasteiger partial charge in [0.15, 0.2) is 0 Å². The molecule has 0 aromatic carbocycles. The lowest BCUT2D eigenvalue weighted by Crippen LogP contribution is -2.48. The average molecular weight is 381 g/mol. The fourth-order valence-corrected chi connectivity index (χ4v) is 5.35. The number of carbonyl (C=O) groups is 2. The number of thiophene rings is 1. The van der Waals surface area contributed by atoms with Crippen molar-refractivity contribution in [2.24, 2.45) is 5.92 Å². The van der Waals surface area contributed by atoms with Gasteiger partial charge in [0.2, 0.25) is 5.91 Å². The van der Waals surface area contributed by atoms with Gasteiger partial charge in [-0.05, 0) is 44.6 Å². The first-order chi connectivity index (χ1) is 12.4. The SMILES string of the molecule is COC(=O)c1c(NC(=O)CN2C[C@@H](C)O[C@@H](C)C2)sc2c1CC[C@H](C)C2. The van der Waals surface area contributed by atoms with Crippen LogP contribution in [-0.2, 0) is 27.1 Å². The smallest absolute Gasteiger partial charge is 0.341 e. The number of esters is 1. The summed E-state index contributed by atoms with van der Waals surface area (Å²) >= 11 is 1.52. The van der Waals surface area contributed by atoms with Crippen LogP contribution in [0.1, 0.15) is 48.0 Å². The standard InChI is InChI=1S/C19H28N2O4S/c1-11-5-6-14-15(7-11)26-18(17(14)19(23)24-4)20-16(22)10-21-8-12(2)25-13(3)9-21/h11-13H,5-10H2,1-4H3,(H,20,22)/t11-,12-,13+/m0/s1. The van der Waals surface area contributed by atoms with Crippen LogP contribution in [0.15, 0.2) is 0 Å². The Balaban J connectivity index is 1.74.